The molecule has 0 aromatic carbocycles. The molecule has 2 amide bonds. The number of pyridine rings is 1. The fraction of sp³-hybridized carbons (Fsp3) is 0.300. The van der Waals surface area contributed by atoms with Crippen LogP contribution >= 0.6 is 11.6 Å². The third kappa shape index (κ3) is 3.20. The van der Waals surface area contributed by atoms with E-state index in [1.807, 2.05) is 0 Å². The number of aromatic nitrogens is 1. The lowest BCUT2D eigenvalue weighted by Gasteiger charge is -2.11. The lowest BCUT2D eigenvalue weighted by Crippen LogP contribution is -2.36. The van der Waals surface area contributed by atoms with Gasteiger partial charge in [-0.2, -0.15) is 0 Å². The molecule has 0 radical (unpaired) electrons. The van der Waals surface area contributed by atoms with Crippen LogP contribution in [0.2, 0.25) is 5.02 Å². The Labute approximate surface area is 98.4 Å². The fourth-order valence-corrected chi connectivity index (χ4v) is 1.14. The van der Waals surface area contributed by atoms with Gasteiger partial charge in [0.2, 0.25) is 5.91 Å². The highest BCUT2D eigenvalue weighted by Gasteiger charge is 2.11. The third-order valence-corrected chi connectivity index (χ3v) is 2.24. The van der Waals surface area contributed by atoms with Crippen molar-refractivity contribution in [2.45, 2.75) is 0 Å². The van der Waals surface area contributed by atoms with Crippen LogP contribution in [0.15, 0.2) is 18.5 Å². The van der Waals surface area contributed by atoms with E-state index in [0.717, 1.165) is 0 Å². The Kier molecular flexibility index (Phi) is 4.25. The van der Waals surface area contributed by atoms with Crippen LogP contribution in [-0.2, 0) is 4.79 Å². The zero-order chi connectivity index (χ0) is 12.1. The molecule has 0 fully saturated rings. The summed E-state index contributed by atoms with van der Waals surface area (Å²) in [6.07, 6.45) is 2.85. The average Bonchev–Trinajstić information content (AvgIpc) is 2.25. The molecule has 1 heterocycles. The van der Waals surface area contributed by atoms with Gasteiger partial charge in [-0.3, -0.25) is 14.6 Å². The second kappa shape index (κ2) is 5.46. The molecule has 16 heavy (non-hydrogen) atoms. The number of hydrogen-bond acceptors (Lipinski definition) is 3. The van der Waals surface area contributed by atoms with Gasteiger partial charge in [0.1, 0.15) is 0 Å². The molecule has 0 unspecified atom stereocenters. The predicted octanol–water partition coefficient (Wildman–Crippen LogP) is 0.553. The highest BCUT2D eigenvalue weighted by atomic mass is 35.5. The molecule has 0 bridgehead atoms. The van der Waals surface area contributed by atoms with Gasteiger partial charge in [-0.1, -0.05) is 11.6 Å². The van der Waals surface area contributed by atoms with Crippen LogP contribution in [0.25, 0.3) is 0 Å². The molecule has 0 saturated carbocycles. The largest absolute Gasteiger partial charge is 0.347 e. The quantitative estimate of drug-likeness (QED) is 0.841. The second-order valence-corrected chi connectivity index (χ2v) is 3.73. The molecule has 1 aromatic heterocycles. The number of nitrogens with one attached hydrogen (secondary N) is 1. The topological polar surface area (TPSA) is 62.3 Å². The number of carbonyl (C=O) groups excluding carboxylic acids is 2. The standard InChI is InChI=1S/C10H12ClN3O2/c1-14(2)9(15)6-13-10(16)7-5-12-4-3-8(7)11/h3-5H,6H2,1-2H3,(H,13,16). The van der Waals surface area contributed by atoms with E-state index in [-0.39, 0.29) is 18.0 Å². The summed E-state index contributed by atoms with van der Waals surface area (Å²) < 4.78 is 0. The number of nitrogens with zero attached hydrogens (tertiary/aromatic N) is 2. The van der Waals surface area contributed by atoms with E-state index in [1.54, 1.807) is 14.1 Å². The van der Waals surface area contributed by atoms with Gasteiger partial charge >= 0.3 is 0 Å². The SMILES string of the molecule is CN(C)C(=O)CNC(=O)c1cnccc1Cl. The molecule has 86 valence electrons. The van der Waals surface area contributed by atoms with Crippen molar-refractivity contribution in [1.29, 1.82) is 0 Å². The van der Waals surface area contributed by atoms with Gasteiger partial charge in [0, 0.05) is 26.5 Å². The molecule has 6 heteroatoms. The Hall–Kier alpha value is -1.62. The summed E-state index contributed by atoms with van der Waals surface area (Å²) in [6.45, 7) is -0.0585. The first-order valence-electron chi connectivity index (χ1n) is 4.60. The van der Waals surface area contributed by atoms with E-state index in [2.05, 4.69) is 10.3 Å². The Morgan fingerprint density at radius 2 is 2.19 bits per heavy atom. The van der Waals surface area contributed by atoms with Gasteiger partial charge in [-0.15, -0.1) is 0 Å². The molecule has 0 spiro atoms. The maximum absolute atomic E-state index is 11.6. The minimum absolute atomic E-state index is 0.0585. The predicted molar refractivity (Wildman–Crippen MR) is 60.3 cm³/mol. The smallest absolute Gasteiger partial charge is 0.254 e. The maximum Gasteiger partial charge on any atom is 0.254 e. The summed E-state index contributed by atoms with van der Waals surface area (Å²) in [5.74, 6) is -0.596. The van der Waals surface area contributed by atoms with Crippen molar-refractivity contribution in [3.05, 3.63) is 29.0 Å². The molecule has 0 aliphatic rings. The molecule has 0 atom stereocenters. The van der Waals surface area contributed by atoms with E-state index >= 15 is 0 Å². The summed E-state index contributed by atoms with van der Waals surface area (Å²) in [5.41, 5.74) is 0.260. The monoisotopic (exact) mass is 241 g/mol. The van der Waals surface area contributed by atoms with Crippen molar-refractivity contribution >= 4 is 23.4 Å². The van der Waals surface area contributed by atoms with Gasteiger partial charge in [0.15, 0.2) is 0 Å². The number of amides is 2. The Morgan fingerprint density at radius 3 is 2.75 bits per heavy atom. The number of rotatable bonds is 3. The first-order valence-corrected chi connectivity index (χ1v) is 4.98. The molecule has 0 aliphatic carbocycles. The highest BCUT2D eigenvalue weighted by molar-refractivity contribution is 6.33. The van der Waals surface area contributed by atoms with Crippen molar-refractivity contribution < 1.29 is 9.59 Å². The molecule has 0 saturated heterocycles. The van der Waals surface area contributed by atoms with Crippen molar-refractivity contribution in [2.75, 3.05) is 20.6 Å². The fourth-order valence-electron chi connectivity index (χ4n) is 0.954. The third-order valence-electron chi connectivity index (χ3n) is 1.91. The molecule has 5 nitrogen and oxygen atoms in total. The van der Waals surface area contributed by atoms with Crippen LogP contribution in [0.4, 0.5) is 0 Å². The van der Waals surface area contributed by atoms with E-state index in [4.69, 9.17) is 11.6 Å². The van der Waals surface area contributed by atoms with Crippen LogP contribution in [0, 0.1) is 0 Å². The van der Waals surface area contributed by atoms with Crippen LogP contribution in [0.3, 0.4) is 0 Å². The molecule has 0 aliphatic heterocycles. The number of hydrogen-bond donors (Lipinski definition) is 1. The normalized spacial score (nSPS) is 9.69. The Bertz CT molecular complexity index is 407. The van der Waals surface area contributed by atoms with Gasteiger partial charge in [-0.05, 0) is 6.07 Å². The van der Waals surface area contributed by atoms with E-state index < -0.39 is 5.91 Å². The van der Waals surface area contributed by atoms with Gasteiger partial charge in [0.05, 0.1) is 17.1 Å². The van der Waals surface area contributed by atoms with Gasteiger partial charge < -0.3 is 10.2 Å². The number of likely N-dealkylation sites (N-methyl/N-ethyl adjacent to an activating group) is 1. The minimum atomic E-state index is -0.409. The summed E-state index contributed by atoms with van der Waals surface area (Å²) in [5, 5.41) is 2.78. The Morgan fingerprint density at radius 1 is 1.50 bits per heavy atom. The van der Waals surface area contributed by atoms with Crippen LogP contribution in [0.1, 0.15) is 10.4 Å². The molecular formula is C10H12ClN3O2. The molecule has 1 N–H and O–H groups in total. The molecule has 1 rings (SSSR count). The van der Waals surface area contributed by atoms with Crippen molar-refractivity contribution in [2.24, 2.45) is 0 Å². The zero-order valence-electron chi connectivity index (χ0n) is 9.03. The maximum atomic E-state index is 11.6. The second-order valence-electron chi connectivity index (χ2n) is 3.33. The number of halogens is 1. The molecular weight excluding hydrogens is 230 g/mol. The van der Waals surface area contributed by atoms with Crippen LogP contribution in [0.5, 0.6) is 0 Å². The van der Waals surface area contributed by atoms with E-state index in [0.29, 0.717) is 5.02 Å². The first kappa shape index (κ1) is 12.4. The van der Waals surface area contributed by atoms with Crippen molar-refractivity contribution in [3.63, 3.8) is 0 Å². The zero-order valence-corrected chi connectivity index (χ0v) is 9.78. The van der Waals surface area contributed by atoms with Crippen molar-refractivity contribution in [3.8, 4) is 0 Å². The van der Waals surface area contributed by atoms with Crippen LogP contribution in [-0.4, -0.2) is 42.3 Å². The Balaban J connectivity index is 2.60. The van der Waals surface area contributed by atoms with E-state index in [1.165, 1.54) is 23.4 Å². The summed E-state index contributed by atoms with van der Waals surface area (Å²) in [4.78, 5) is 28.0. The lowest BCUT2D eigenvalue weighted by atomic mass is 10.2. The van der Waals surface area contributed by atoms with E-state index in [9.17, 15) is 9.59 Å². The minimum Gasteiger partial charge on any atom is -0.347 e. The summed E-state index contributed by atoms with van der Waals surface area (Å²) in [6, 6.07) is 1.52. The average molecular weight is 242 g/mol. The first-order chi connectivity index (χ1) is 7.52. The van der Waals surface area contributed by atoms with Crippen molar-refractivity contribution in [1.82, 2.24) is 15.2 Å². The highest BCUT2D eigenvalue weighted by Crippen LogP contribution is 2.12. The summed E-state index contributed by atoms with van der Waals surface area (Å²) in [7, 11) is 3.23. The lowest BCUT2D eigenvalue weighted by molar-refractivity contribution is -0.127. The van der Waals surface area contributed by atoms with Gasteiger partial charge in [-0.25, -0.2) is 0 Å². The molecule has 1 aromatic rings. The summed E-state index contributed by atoms with van der Waals surface area (Å²) >= 11 is 5.80. The van der Waals surface area contributed by atoms with Crippen LogP contribution < -0.4 is 5.32 Å². The number of carbonyl (C=O) groups is 2. The van der Waals surface area contributed by atoms with Gasteiger partial charge in [0.25, 0.3) is 5.91 Å².